The second kappa shape index (κ2) is 7.63. The van der Waals surface area contributed by atoms with Gasteiger partial charge in [-0.1, -0.05) is 18.2 Å². The van der Waals surface area contributed by atoms with E-state index in [9.17, 15) is 4.79 Å². The number of likely N-dealkylation sites (N-methyl/N-ethyl adjacent to an activating group) is 1. The van der Waals surface area contributed by atoms with Gasteiger partial charge in [-0.3, -0.25) is 4.79 Å². The average molecular weight is 304 g/mol. The van der Waals surface area contributed by atoms with Crippen LogP contribution in [0.1, 0.15) is 32.3 Å². The van der Waals surface area contributed by atoms with Crippen LogP contribution in [0.2, 0.25) is 0 Å². The zero-order valence-corrected chi connectivity index (χ0v) is 14.1. The van der Waals surface area contributed by atoms with Crippen LogP contribution in [0.3, 0.4) is 0 Å². The molecular weight excluding hydrogens is 276 g/mol. The van der Waals surface area contributed by atoms with Crippen LogP contribution in [0.4, 0.5) is 0 Å². The van der Waals surface area contributed by atoms with Crippen LogP contribution in [0, 0.1) is 5.92 Å². The van der Waals surface area contributed by atoms with Crippen molar-refractivity contribution in [3.63, 3.8) is 0 Å². The highest BCUT2D eigenvalue weighted by Crippen LogP contribution is 2.23. The van der Waals surface area contributed by atoms with E-state index in [0.717, 1.165) is 37.1 Å². The molecule has 0 bridgehead atoms. The van der Waals surface area contributed by atoms with Crippen molar-refractivity contribution < 1.29 is 9.53 Å². The third-order valence-corrected chi connectivity index (χ3v) is 4.80. The van der Waals surface area contributed by atoms with Gasteiger partial charge in [-0.2, -0.15) is 0 Å². The van der Waals surface area contributed by atoms with Crippen LogP contribution in [0.5, 0.6) is 5.75 Å². The molecule has 0 aliphatic carbocycles. The number of nitrogens with one attached hydrogen (secondary N) is 1. The predicted molar refractivity (Wildman–Crippen MR) is 89.1 cm³/mol. The van der Waals surface area contributed by atoms with Gasteiger partial charge < -0.3 is 15.0 Å². The summed E-state index contributed by atoms with van der Waals surface area (Å²) < 4.78 is 5.41. The molecule has 1 fully saturated rings. The first-order valence-electron chi connectivity index (χ1n) is 8.16. The van der Waals surface area contributed by atoms with E-state index in [0.29, 0.717) is 0 Å². The lowest BCUT2D eigenvalue weighted by molar-refractivity contribution is -0.137. The minimum atomic E-state index is 0.0962. The number of carbonyl (C=O) groups excluding carboxylic acids is 1. The first kappa shape index (κ1) is 16.8. The Kier molecular flexibility index (Phi) is 5.83. The third kappa shape index (κ3) is 3.80. The Balaban J connectivity index is 2.02. The van der Waals surface area contributed by atoms with Gasteiger partial charge in [0.05, 0.1) is 13.0 Å². The third-order valence-electron chi connectivity index (χ3n) is 4.80. The monoisotopic (exact) mass is 304 g/mol. The predicted octanol–water partition coefficient (Wildman–Crippen LogP) is 2.47. The van der Waals surface area contributed by atoms with E-state index >= 15 is 0 Å². The quantitative estimate of drug-likeness (QED) is 0.908. The van der Waals surface area contributed by atoms with Crippen molar-refractivity contribution in [3.8, 4) is 5.75 Å². The van der Waals surface area contributed by atoms with Crippen LogP contribution in [-0.2, 0) is 11.2 Å². The second-order valence-corrected chi connectivity index (χ2v) is 6.31. The SMILES string of the molecule is COc1ccccc1CC(C)N(C)C(=O)C1CCCNC1C. The summed E-state index contributed by atoms with van der Waals surface area (Å²) in [6.45, 7) is 5.23. The summed E-state index contributed by atoms with van der Waals surface area (Å²) in [5.74, 6) is 1.24. The van der Waals surface area contributed by atoms with Gasteiger partial charge >= 0.3 is 0 Å². The number of methoxy groups -OCH3 is 1. The topological polar surface area (TPSA) is 41.6 Å². The zero-order valence-electron chi connectivity index (χ0n) is 14.1. The highest BCUT2D eigenvalue weighted by atomic mass is 16.5. The van der Waals surface area contributed by atoms with E-state index in [4.69, 9.17) is 4.74 Å². The molecule has 1 aliphatic heterocycles. The van der Waals surface area contributed by atoms with Crippen molar-refractivity contribution in [2.45, 2.75) is 45.2 Å². The van der Waals surface area contributed by atoms with Gasteiger partial charge in [0.15, 0.2) is 0 Å². The lowest BCUT2D eigenvalue weighted by Crippen LogP contribution is -2.49. The minimum Gasteiger partial charge on any atom is -0.496 e. The molecule has 0 spiro atoms. The van der Waals surface area contributed by atoms with Crippen LogP contribution in [0.25, 0.3) is 0 Å². The molecule has 2 rings (SSSR count). The molecule has 22 heavy (non-hydrogen) atoms. The number of benzene rings is 1. The lowest BCUT2D eigenvalue weighted by Gasteiger charge is -2.34. The van der Waals surface area contributed by atoms with E-state index < -0.39 is 0 Å². The Labute approximate surface area is 133 Å². The fourth-order valence-electron chi connectivity index (χ4n) is 3.19. The fraction of sp³-hybridized carbons (Fsp3) is 0.611. The molecule has 0 saturated carbocycles. The largest absolute Gasteiger partial charge is 0.496 e. The number of hydrogen-bond acceptors (Lipinski definition) is 3. The van der Waals surface area contributed by atoms with Crippen molar-refractivity contribution in [3.05, 3.63) is 29.8 Å². The van der Waals surface area contributed by atoms with Crippen LogP contribution in [-0.4, -0.2) is 43.6 Å². The number of hydrogen-bond donors (Lipinski definition) is 1. The number of ether oxygens (including phenoxy) is 1. The minimum absolute atomic E-state index is 0.0962. The molecule has 0 aromatic heterocycles. The molecule has 4 heteroatoms. The molecule has 4 nitrogen and oxygen atoms in total. The van der Waals surface area contributed by atoms with Crippen molar-refractivity contribution in [2.75, 3.05) is 20.7 Å². The van der Waals surface area contributed by atoms with Gasteiger partial charge in [0, 0.05) is 19.1 Å². The van der Waals surface area contributed by atoms with Gasteiger partial charge in [0.25, 0.3) is 0 Å². The molecule has 1 saturated heterocycles. The molecular formula is C18H28N2O2. The van der Waals surface area contributed by atoms with E-state index in [2.05, 4.69) is 25.2 Å². The summed E-state index contributed by atoms with van der Waals surface area (Å²) in [5, 5.41) is 3.41. The summed E-state index contributed by atoms with van der Waals surface area (Å²) in [6.07, 6.45) is 2.87. The second-order valence-electron chi connectivity index (χ2n) is 6.31. The highest BCUT2D eigenvalue weighted by molar-refractivity contribution is 5.79. The number of para-hydroxylation sites is 1. The average Bonchev–Trinajstić information content (AvgIpc) is 2.54. The molecule has 1 amide bonds. The maximum Gasteiger partial charge on any atom is 0.227 e. The van der Waals surface area contributed by atoms with Gasteiger partial charge in [-0.05, 0) is 51.3 Å². The maximum absolute atomic E-state index is 12.7. The summed E-state index contributed by atoms with van der Waals surface area (Å²) >= 11 is 0. The van der Waals surface area contributed by atoms with Gasteiger partial charge in [0.2, 0.25) is 5.91 Å². The Morgan fingerprint density at radius 2 is 2.18 bits per heavy atom. The molecule has 0 radical (unpaired) electrons. The summed E-state index contributed by atoms with van der Waals surface area (Å²) in [4.78, 5) is 14.7. The molecule has 1 heterocycles. The molecule has 1 aliphatic rings. The van der Waals surface area contributed by atoms with Crippen LogP contribution in [0.15, 0.2) is 24.3 Å². The van der Waals surface area contributed by atoms with Gasteiger partial charge in [-0.25, -0.2) is 0 Å². The van der Waals surface area contributed by atoms with Crippen molar-refractivity contribution >= 4 is 5.91 Å². The first-order chi connectivity index (χ1) is 10.5. The Bertz CT molecular complexity index is 504. The number of piperidine rings is 1. The normalized spacial score (nSPS) is 22.9. The van der Waals surface area contributed by atoms with E-state index in [1.54, 1.807) is 7.11 Å². The Morgan fingerprint density at radius 3 is 2.86 bits per heavy atom. The van der Waals surface area contributed by atoms with Gasteiger partial charge in [-0.15, -0.1) is 0 Å². The van der Waals surface area contributed by atoms with Crippen LogP contribution >= 0.6 is 0 Å². The maximum atomic E-state index is 12.7. The fourth-order valence-corrected chi connectivity index (χ4v) is 3.19. The number of nitrogens with zero attached hydrogens (tertiary/aromatic N) is 1. The van der Waals surface area contributed by atoms with E-state index in [-0.39, 0.29) is 23.9 Å². The lowest BCUT2D eigenvalue weighted by atomic mass is 9.90. The van der Waals surface area contributed by atoms with Crippen molar-refractivity contribution in [1.29, 1.82) is 0 Å². The zero-order chi connectivity index (χ0) is 16.1. The number of rotatable bonds is 5. The van der Waals surface area contributed by atoms with Crippen LogP contribution < -0.4 is 10.1 Å². The van der Waals surface area contributed by atoms with Crippen molar-refractivity contribution in [1.82, 2.24) is 10.2 Å². The Morgan fingerprint density at radius 1 is 1.45 bits per heavy atom. The molecule has 1 aromatic rings. The molecule has 1 N–H and O–H groups in total. The summed E-state index contributed by atoms with van der Waals surface area (Å²) in [5.41, 5.74) is 1.15. The molecule has 3 atom stereocenters. The molecule has 1 aromatic carbocycles. The first-order valence-corrected chi connectivity index (χ1v) is 8.16. The van der Waals surface area contributed by atoms with E-state index in [1.165, 1.54) is 0 Å². The number of amides is 1. The smallest absolute Gasteiger partial charge is 0.227 e. The standard InChI is InChI=1S/C18H28N2O2/c1-13(12-15-8-5-6-10-17(15)22-4)20(3)18(21)16-9-7-11-19-14(16)2/h5-6,8,10,13-14,16,19H,7,9,11-12H2,1-4H3. The highest BCUT2D eigenvalue weighted by Gasteiger charge is 2.31. The van der Waals surface area contributed by atoms with E-state index in [1.807, 2.05) is 30.1 Å². The summed E-state index contributed by atoms with van der Waals surface area (Å²) in [6, 6.07) is 8.44. The van der Waals surface area contributed by atoms with Crippen molar-refractivity contribution in [2.24, 2.45) is 5.92 Å². The summed E-state index contributed by atoms with van der Waals surface area (Å²) in [7, 11) is 3.61. The van der Waals surface area contributed by atoms with Gasteiger partial charge in [0.1, 0.15) is 5.75 Å². The Hall–Kier alpha value is -1.55. The number of carbonyl (C=O) groups is 1. The molecule has 3 unspecified atom stereocenters. The molecule has 122 valence electrons.